The van der Waals surface area contributed by atoms with Gasteiger partial charge in [0.15, 0.2) is 6.61 Å². The molecule has 0 bridgehead atoms. The van der Waals surface area contributed by atoms with Gasteiger partial charge >= 0.3 is 0 Å². The quantitative estimate of drug-likeness (QED) is 0.860. The van der Waals surface area contributed by atoms with Gasteiger partial charge in [-0.05, 0) is 48.6 Å². The van der Waals surface area contributed by atoms with Gasteiger partial charge in [-0.2, -0.15) is 0 Å². The molecule has 0 saturated heterocycles. The molecule has 122 valence electrons. The number of carbonyl (C=O) groups is 1. The average molecular weight is 311 g/mol. The summed E-state index contributed by atoms with van der Waals surface area (Å²) in [6.07, 6.45) is 0. The van der Waals surface area contributed by atoms with Gasteiger partial charge in [0.25, 0.3) is 5.91 Å². The monoisotopic (exact) mass is 311 g/mol. The van der Waals surface area contributed by atoms with Crippen LogP contribution in [-0.4, -0.2) is 12.5 Å². The van der Waals surface area contributed by atoms with Crippen LogP contribution in [0, 0.1) is 6.92 Å². The van der Waals surface area contributed by atoms with Gasteiger partial charge in [0.2, 0.25) is 0 Å². The van der Waals surface area contributed by atoms with E-state index in [0.717, 1.165) is 11.3 Å². The van der Waals surface area contributed by atoms with E-state index in [1.807, 2.05) is 56.3 Å². The van der Waals surface area contributed by atoms with Crippen LogP contribution in [0.1, 0.15) is 49.4 Å². The zero-order valence-corrected chi connectivity index (χ0v) is 14.3. The Hall–Kier alpha value is -2.29. The number of carbonyl (C=O) groups excluding carboxylic acids is 1. The van der Waals surface area contributed by atoms with Crippen molar-refractivity contribution >= 4 is 5.91 Å². The maximum atomic E-state index is 12.1. The van der Waals surface area contributed by atoms with Gasteiger partial charge in [0, 0.05) is 0 Å². The van der Waals surface area contributed by atoms with E-state index in [0.29, 0.717) is 5.92 Å². The van der Waals surface area contributed by atoms with Crippen LogP contribution in [0.25, 0.3) is 0 Å². The van der Waals surface area contributed by atoms with Crippen LogP contribution in [0.2, 0.25) is 0 Å². The number of hydrogen-bond acceptors (Lipinski definition) is 2. The summed E-state index contributed by atoms with van der Waals surface area (Å²) < 4.78 is 5.61. The molecular weight excluding hydrogens is 286 g/mol. The molecule has 0 radical (unpaired) electrons. The van der Waals surface area contributed by atoms with Crippen molar-refractivity contribution in [3.8, 4) is 5.75 Å². The normalized spacial score (nSPS) is 12.0. The first-order valence-corrected chi connectivity index (χ1v) is 8.05. The molecule has 2 rings (SSSR count). The average Bonchev–Trinajstić information content (AvgIpc) is 2.53. The molecule has 0 aliphatic carbocycles. The third-order valence-electron chi connectivity index (χ3n) is 3.93. The lowest BCUT2D eigenvalue weighted by Crippen LogP contribution is -2.31. The Morgan fingerprint density at radius 3 is 2.52 bits per heavy atom. The highest BCUT2D eigenvalue weighted by molar-refractivity contribution is 5.78. The number of aryl methyl sites for hydroxylation is 1. The van der Waals surface area contributed by atoms with Gasteiger partial charge in [0.05, 0.1) is 6.04 Å². The minimum atomic E-state index is -0.115. The van der Waals surface area contributed by atoms with E-state index in [1.54, 1.807) is 0 Å². The Morgan fingerprint density at radius 1 is 1.09 bits per heavy atom. The summed E-state index contributed by atoms with van der Waals surface area (Å²) in [4.78, 5) is 12.1. The highest BCUT2D eigenvalue weighted by Crippen LogP contribution is 2.20. The molecule has 3 nitrogen and oxygen atoms in total. The van der Waals surface area contributed by atoms with Crippen LogP contribution < -0.4 is 10.1 Å². The number of nitrogens with one attached hydrogen (secondary N) is 1. The molecule has 0 aliphatic rings. The van der Waals surface area contributed by atoms with Crippen molar-refractivity contribution in [2.24, 2.45) is 0 Å². The van der Waals surface area contributed by atoms with Gasteiger partial charge < -0.3 is 10.1 Å². The first-order chi connectivity index (χ1) is 11.0. The Morgan fingerprint density at radius 2 is 1.83 bits per heavy atom. The molecule has 0 saturated carbocycles. The van der Waals surface area contributed by atoms with Crippen LogP contribution in [-0.2, 0) is 4.79 Å². The van der Waals surface area contributed by atoms with E-state index in [9.17, 15) is 4.79 Å². The lowest BCUT2D eigenvalue weighted by molar-refractivity contribution is -0.123. The number of ether oxygens (including phenoxy) is 1. The summed E-state index contributed by atoms with van der Waals surface area (Å²) in [5.74, 6) is 1.05. The number of amides is 1. The number of rotatable bonds is 6. The maximum Gasteiger partial charge on any atom is 0.258 e. The second kappa shape index (κ2) is 7.82. The maximum absolute atomic E-state index is 12.1. The van der Waals surface area contributed by atoms with Crippen LogP contribution in [0.5, 0.6) is 5.75 Å². The Bertz CT molecular complexity index is 664. The van der Waals surface area contributed by atoms with Crippen molar-refractivity contribution in [2.75, 3.05) is 6.61 Å². The number of hydrogen-bond donors (Lipinski definition) is 1. The summed E-state index contributed by atoms with van der Waals surface area (Å²) in [5.41, 5.74) is 3.50. The predicted octanol–water partition coefficient (Wildman–Crippen LogP) is 4.37. The third kappa shape index (κ3) is 4.85. The molecular formula is C20H25NO2. The molecule has 1 amide bonds. The summed E-state index contributed by atoms with van der Waals surface area (Å²) in [5, 5.41) is 2.98. The van der Waals surface area contributed by atoms with Crippen LogP contribution in [0.3, 0.4) is 0 Å². The van der Waals surface area contributed by atoms with Crippen LogP contribution in [0.15, 0.2) is 48.5 Å². The largest absolute Gasteiger partial charge is 0.484 e. The highest BCUT2D eigenvalue weighted by atomic mass is 16.5. The molecule has 23 heavy (non-hydrogen) atoms. The van der Waals surface area contributed by atoms with E-state index < -0.39 is 0 Å². The molecule has 1 unspecified atom stereocenters. The van der Waals surface area contributed by atoms with Crippen molar-refractivity contribution in [1.82, 2.24) is 5.32 Å². The first-order valence-electron chi connectivity index (χ1n) is 8.05. The SMILES string of the molecule is Cc1ccccc1C(C)NC(=O)COc1cccc(C(C)C)c1. The molecule has 3 heteroatoms. The fraction of sp³-hybridized carbons (Fsp3) is 0.350. The Kier molecular flexibility index (Phi) is 5.80. The van der Waals surface area contributed by atoms with Gasteiger partial charge in [-0.25, -0.2) is 0 Å². The Labute approximate surface area is 138 Å². The van der Waals surface area contributed by atoms with Gasteiger partial charge in [-0.3, -0.25) is 4.79 Å². The standard InChI is InChI=1S/C20H25NO2/c1-14(2)17-9-7-10-18(12-17)23-13-20(22)21-16(4)19-11-6-5-8-15(19)3/h5-12,14,16H,13H2,1-4H3,(H,21,22). The van der Waals surface area contributed by atoms with Crippen LogP contribution >= 0.6 is 0 Å². The van der Waals surface area contributed by atoms with E-state index in [1.165, 1.54) is 11.1 Å². The lowest BCUT2D eigenvalue weighted by atomic mass is 10.0. The molecule has 0 aromatic heterocycles. The zero-order chi connectivity index (χ0) is 16.8. The highest BCUT2D eigenvalue weighted by Gasteiger charge is 2.12. The van der Waals surface area contributed by atoms with Gasteiger partial charge in [-0.1, -0.05) is 50.2 Å². The molecule has 2 aromatic rings. The lowest BCUT2D eigenvalue weighted by Gasteiger charge is -2.17. The summed E-state index contributed by atoms with van der Waals surface area (Å²) in [7, 11) is 0. The minimum absolute atomic E-state index is 0.0256. The number of benzene rings is 2. The smallest absolute Gasteiger partial charge is 0.258 e. The Balaban J connectivity index is 1.90. The molecule has 0 fully saturated rings. The third-order valence-corrected chi connectivity index (χ3v) is 3.93. The molecule has 0 heterocycles. The summed E-state index contributed by atoms with van der Waals surface area (Å²) >= 11 is 0. The summed E-state index contributed by atoms with van der Waals surface area (Å²) in [6.45, 7) is 8.33. The first kappa shape index (κ1) is 17.1. The molecule has 0 spiro atoms. The van der Waals surface area contributed by atoms with Crippen molar-refractivity contribution in [3.05, 3.63) is 65.2 Å². The zero-order valence-electron chi connectivity index (χ0n) is 14.3. The molecule has 2 aromatic carbocycles. The van der Waals surface area contributed by atoms with Crippen molar-refractivity contribution in [1.29, 1.82) is 0 Å². The molecule has 1 N–H and O–H groups in total. The van der Waals surface area contributed by atoms with E-state index in [2.05, 4.69) is 25.2 Å². The van der Waals surface area contributed by atoms with E-state index >= 15 is 0 Å². The van der Waals surface area contributed by atoms with E-state index in [-0.39, 0.29) is 18.6 Å². The summed E-state index contributed by atoms with van der Waals surface area (Å²) in [6, 6.07) is 15.9. The molecule has 0 aliphatic heterocycles. The van der Waals surface area contributed by atoms with Crippen LogP contribution in [0.4, 0.5) is 0 Å². The second-order valence-electron chi connectivity index (χ2n) is 6.16. The van der Waals surface area contributed by atoms with Crippen molar-refractivity contribution < 1.29 is 9.53 Å². The van der Waals surface area contributed by atoms with Gasteiger partial charge in [-0.15, -0.1) is 0 Å². The second-order valence-corrected chi connectivity index (χ2v) is 6.16. The fourth-order valence-corrected chi connectivity index (χ4v) is 2.55. The van der Waals surface area contributed by atoms with Crippen molar-refractivity contribution in [2.45, 2.75) is 39.7 Å². The van der Waals surface area contributed by atoms with Crippen molar-refractivity contribution in [3.63, 3.8) is 0 Å². The van der Waals surface area contributed by atoms with Gasteiger partial charge in [0.1, 0.15) is 5.75 Å². The predicted molar refractivity (Wildman–Crippen MR) is 93.8 cm³/mol. The topological polar surface area (TPSA) is 38.3 Å². The minimum Gasteiger partial charge on any atom is -0.484 e. The fourth-order valence-electron chi connectivity index (χ4n) is 2.55. The molecule has 1 atom stereocenters. The van der Waals surface area contributed by atoms with E-state index in [4.69, 9.17) is 4.74 Å².